The topological polar surface area (TPSA) is 82.5 Å². The average molecular weight is 280 g/mol. The van der Waals surface area contributed by atoms with Crippen molar-refractivity contribution in [2.45, 2.75) is 57.0 Å². The molecule has 0 aliphatic carbocycles. The molecule has 0 amide bonds. The fraction of sp³-hybridized carbons (Fsp3) is 0.692. The predicted molar refractivity (Wildman–Crippen MR) is 67.4 cm³/mol. The molecule has 1 aromatic rings. The van der Waals surface area contributed by atoms with Crippen molar-refractivity contribution in [3.63, 3.8) is 0 Å². The number of aryl methyl sites for hydroxylation is 1. The number of nitrogens with one attached hydrogen (secondary N) is 1. The van der Waals surface area contributed by atoms with Crippen molar-refractivity contribution in [2.24, 2.45) is 0 Å². The summed E-state index contributed by atoms with van der Waals surface area (Å²) in [5.74, 6) is -0.675. The van der Waals surface area contributed by atoms with Gasteiger partial charge in [-0.1, -0.05) is 0 Å². The van der Waals surface area contributed by atoms with Gasteiger partial charge >= 0.3 is 5.69 Å². The van der Waals surface area contributed by atoms with E-state index in [0.29, 0.717) is 18.5 Å². The van der Waals surface area contributed by atoms with Crippen molar-refractivity contribution in [1.29, 1.82) is 0 Å². The number of aromatic nitrogens is 2. The first kappa shape index (κ1) is 12.3. The first-order valence-corrected chi connectivity index (χ1v) is 6.80. The van der Waals surface area contributed by atoms with Crippen LogP contribution in [-0.4, -0.2) is 33.7 Å². The monoisotopic (exact) mass is 280 g/mol. The van der Waals surface area contributed by atoms with E-state index in [4.69, 9.17) is 14.2 Å². The Hall–Kier alpha value is -1.44. The van der Waals surface area contributed by atoms with Crippen LogP contribution in [0.4, 0.5) is 0 Å². The number of fused-ring (bicyclic) bond motifs is 7. The molecule has 7 heteroatoms. The Kier molecular flexibility index (Phi) is 2.34. The van der Waals surface area contributed by atoms with Crippen LogP contribution in [0, 0.1) is 0 Å². The third-order valence-electron chi connectivity index (χ3n) is 4.12. The maximum atomic E-state index is 12.1. The minimum atomic E-state index is -0.675. The number of aromatic amines is 1. The summed E-state index contributed by atoms with van der Waals surface area (Å²) in [5, 5.41) is 0. The normalized spacial score (nSPS) is 37.3. The first-order valence-electron chi connectivity index (χ1n) is 6.80. The van der Waals surface area contributed by atoms with Gasteiger partial charge in [0.05, 0.1) is 6.10 Å². The minimum Gasteiger partial charge on any atom is -0.349 e. The van der Waals surface area contributed by atoms with Crippen LogP contribution in [-0.2, 0) is 20.6 Å². The van der Waals surface area contributed by atoms with Gasteiger partial charge in [-0.2, -0.15) is 0 Å². The van der Waals surface area contributed by atoms with Crippen molar-refractivity contribution in [1.82, 2.24) is 9.55 Å². The van der Waals surface area contributed by atoms with E-state index in [0.717, 1.165) is 0 Å². The van der Waals surface area contributed by atoms with Crippen LogP contribution in [0.3, 0.4) is 0 Å². The van der Waals surface area contributed by atoms with Gasteiger partial charge < -0.3 is 14.2 Å². The molecule has 108 valence electrons. The second-order valence-corrected chi connectivity index (χ2v) is 5.97. The Morgan fingerprint density at radius 2 is 2.05 bits per heavy atom. The lowest BCUT2D eigenvalue weighted by molar-refractivity contribution is -0.196. The zero-order chi connectivity index (χ0) is 14.1. The Bertz CT molecular complexity index is 676. The molecule has 0 spiro atoms. The molecule has 1 aromatic heterocycles. The molecule has 7 nitrogen and oxygen atoms in total. The molecular weight excluding hydrogens is 264 g/mol. The van der Waals surface area contributed by atoms with Gasteiger partial charge in [0.25, 0.3) is 5.56 Å². The van der Waals surface area contributed by atoms with E-state index in [2.05, 4.69) is 4.98 Å². The lowest BCUT2D eigenvalue weighted by Crippen LogP contribution is -2.40. The summed E-state index contributed by atoms with van der Waals surface area (Å²) < 4.78 is 19.2. The first-order chi connectivity index (χ1) is 9.44. The molecule has 1 unspecified atom stereocenters. The van der Waals surface area contributed by atoms with E-state index >= 15 is 0 Å². The highest BCUT2D eigenvalue weighted by Gasteiger charge is 2.57. The molecule has 2 bridgehead atoms. The van der Waals surface area contributed by atoms with Crippen LogP contribution in [0.5, 0.6) is 0 Å². The number of ether oxygens (including phenoxy) is 3. The lowest BCUT2D eigenvalue weighted by atomic mass is 10.0. The molecular formula is C13H16N2O5. The van der Waals surface area contributed by atoms with E-state index < -0.39 is 17.7 Å². The smallest absolute Gasteiger partial charge is 0.330 e. The van der Waals surface area contributed by atoms with Gasteiger partial charge in [0, 0.05) is 11.8 Å². The Labute approximate surface area is 114 Å². The third-order valence-corrected chi connectivity index (χ3v) is 4.12. The summed E-state index contributed by atoms with van der Waals surface area (Å²) >= 11 is 0. The Morgan fingerprint density at radius 1 is 1.30 bits per heavy atom. The highest BCUT2D eigenvalue weighted by Crippen LogP contribution is 2.45. The van der Waals surface area contributed by atoms with Crippen LogP contribution in [0.15, 0.2) is 15.7 Å². The van der Waals surface area contributed by atoms with E-state index in [1.54, 1.807) is 0 Å². The summed E-state index contributed by atoms with van der Waals surface area (Å²) in [4.78, 5) is 25.8. The van der Waals surface area contributed by atoms with Crippen LogP contribution in [0.25, 0.3) is 0 Å². The summed E-state index contributed by atoms with van der Waals surface area (Å²) in [6.45, 7) is 3.71. The number of rotatable bonds is 0. The van der Waals surface area contributed by atoms with Crippen molar-refractivity contribution >= 4 is 0 Å². The van der Waals surface area contributed by atoms with Crippen LogP contribution < -0.4 is 11.2 Å². The minimum absolute atomic E-state index is 0.110. The quantitative estimate of drug-likeness (QED) is 0.717. The number of hydrogen-bond acceptors (Lipinski definition) is 5. The highest BCUT2D eigenvalue weighted by atomic mass is 16.8. The second kappa shape index (κ2) is 3.81. The summed E-state index contributed by atoms with van der Waals surface area (Å²) in [5.41, 5.74) is -0.135. The molecule has 0 aromatic carbocycles. The third kappa shape index (κ3) is 1.63. The van der Waals surface area contributed by atoms with E-state index in [1.165, 1.54) is 10.6 Å². The molecule has 0 radical (unpaired) electrons. The molecule has 4 rings (SSSR count). The van der Waals surface area contributed by atoms with Gasteiger partial charge in [-0.05, 0) is 26.7 Å². The Balaban J connectivity index is 1.85. The molecule has 3 aliphatic heterocycles. The molecule has 0 saturated carbocycles. The largest absolute Gasteiger partial charge is 0.349 e. The average Bonchev–Trinajstić information content (AvgIpc) is 2.72. The van der Waals surface area contributed by atoms with E-state index in [9.17, 15) is 9.59 Å². The van der Waals surface area contributed by atoms with Gasteiger partial charge in [-0.25, -0.2) is 4.79 Å². The van der Waals surface area contributed by atoms with Gasteiger partial charge in [0.15, 0.2) is 12.0 Å². The zero-order valence-corrected chi connectivity index (χ0v) is 11.3. The predicted octanol–water partition coefficient (Wildman–Crippen LogP) is -0.0997. The molecule has 2 fully saturated rings. The van der Waals surface area contributed by atoms with E-state index in [1.807, 2.05) is 13.8 Å². The van der Waals surface area contributed by atoms with Crippen molar-refractivity contribution in [3.05, 3.63) is 32.6 Å². The summed E-state index contributed by atoms with van der Waals surface area (Å²) in [7, 11) is 0. The molecule has 3 aliphatic rings. The molecule has 2 saturated heterocycles. The maximum absolute atomic E-state index is 12.1. The number of H-pyrrole nitrogens is 1. The van der Waals surface area contributed by atoms with Gasteiger partial charge in [0.1, 0.15) is 12.2 Å². The number of hydrogen-bond donors (Lipinski definition) is 1. The highest BCUT2D eigenvalue weighted by molar-refractivity contribution is 5.10. The fourth-order valence-corrected chi connectivity index (χ4v) is 3.41. The lowest BCUT2D eigenvalue weighted by Gasteiger charge is -2.23. The zero-order valence-electron chi connectivity index (χ0n) is 11.3. The summed E-state index contributed by atoms with van der Waals surface area (Å²) in [6.07, 6.45) is 0.197. The fourth-order valence-electron chi connectivity index (χ4n) is 3.41. The number of nitrogens with zero attached hydrogens (tertiary/aromatic N) is 1. The standard InChI is InChI=1S/C13H16N2O5/c1-13(2)19-9-7-4-3-6-5-8(16)14-12(17)15(6)11(18-7)10(9)20-13/h5,7,9-11H,3-4H2,1-2H3,(H,14,16,17)/t7-,9+,10?,11-/m1/s1. The van der Waals surface area contributed by atoms with Crippen LogP contribution >= 0.6 is 0 Å². The van der Waals surface area contributed by atoms with Crippen molar-refractivity contribution in [2.75, 3.05) is 0 Å². The molecule has 4 heterocycles. The van der Waals surface area contributed by atoms with Gasteiger partial charge in [0.2, 0.25) is 0 Å². The van der Waals surface area contributed by atoms with Crippen molar-refractivity contribution in [3.8, 4) is 0 Å². The SMILES string of the molecule is CC1(C)OC2[C@@H](O1)[C@H]1CCc3cc(=O)[nH]c(=O)n3[C@@H]2O1. The summed E-state index contributed by atoms with van der Waals surface area (Å²) in [6, 6.07) is 1.46. The van der Waals surface area contributed by atoms with E-state index in [-0.39, 0.29) is 23.9 Å². The molecule has 4 atom stereocenters. The van der Waals surface area contributed by atoms with Gasteiger partial charge in [-0.3, -0.25) is 14.3 Å². The van der Waals surface area contributed by atoms with Crippen LogP contribution in [0.2, 0.25) is 0 Å². The van der Waals surface area contributed by atoms with Crippen LogP contribution in [0.1, 0.15) is 32.2 Å². The molecule has 20 heavy (non-hydrogen) atoms. The van der Waals surface area contributed by atoms with Crippen molar-refractivity contribution < 1.29 is 14.2 Å². The molecule has 1 N–H and O–H groups in total. The second-order valence-electron chi connectivity index (χ2n) is 5.97. The van der Waals surface area contributed by atoms with Gasteiger partial charge in [-0.15, -0.1) is 0 Å². The Morgan fingerprint density at radius 3 is 2.85 bits per heavy atom. The maximum Gasteiger partial charge on any atom is 0.330 e.